The van der Waals surface area contributed by atoms with E-state index in [1.165, 1.54) is 6.07 Å². The molecule has 1 N–H and O–H groups in total. The van der Waals surface area contributed by atoms with Crippen molar-refractivity contribution in [2.75, 3.05) is 5.32 Å². The molecule has 0 unspecified atom stereocenters. The fraction of sp³-hybridized carbons (Fsp3) is 0. The molecule has 0 fully saturated rings. The summed E-state index contributed by atoms with van der Waals surface area (Å²) in [5, 5.41) is 3.99. The highest BCUT2D eigenvalue weighted by Gasteiger charge is 2.09. The van der Waals surface area contributed by atoms with Gasteiger partial charge >= 0.3 is 0 Å². The lowest BCUT2D eigenvalue weighted by molar-refractivity contribution is 0.102. The van der Waals surface area contributed by atoms with E-state index in [4.69, 9.17) is 34.8 Å². The maximum Gasteiger partial charge on any atom is 0.255 e. The van der Waals surface area contributed by atoms with E-state index in [2.05, 4.69) is 21.2 Å². The molecule has 0 bridgehead atoms. The third-order valence-electron chi connectivity index (χ3n) is 2.36. The van der Waals surface area contributed by atoms with Gasteiger partial charge in [0.25, 0.3) is 5.91 Å². The van der Waals surface area contributed by atoms with Crippen LogP contribution in [-0.4, -0.2) is 5.91 Å². The van der Waals surface area contributed by atoms with Gasteiger partial charge in [0.2, 0.25) is 0 Å². The van der Waals surface area contributed by atoms with Crippen LogP contribution in [-0.2, 0) is 0 Å². The lowest BCUT2D eigenvalue weighted by atomic mass is 10.2. The summed E-state index contributed by atoms with van der Waals surface area (Å²) in [6, 6.07) is 9.84. The Morgan fingerprint density at radius 3 is 2.32 bits per heavy atom. The van der Waals surface area contributed by atoms with Gasteiger partial charge in [0.15, 0.2) is 0 Å². The van der Waals surface area contributed by atoms with Crippen LogP contribution < -0.4 is 5.32 Å². The maximum atomic E-state index is 12.0. The number of benzene rings is 2. The largest absolute Gasteiger partial charge is 0.322 e. The first-order chi connectivity index (χ1) is 8.97. The summed E-state index contributed by atoms with van der Waals surface area (Å²) in [6.45, 7) is 0. The van der Waals surface area contributed by atoms with Crippen molar-refractivity contribution in [2.45, 2.75) is 0 Å². The summed E-state index contributed by atoms with van der Waals surface area (Å²) in [5.41, 5.74) is 1.03. The number of hydrogen-bond donors (Lipinski definition) is 1. The molecule has 2 rings (SSSR count). The monoisotopic (exact) mass is 377 g/mol. The van der Waals surface area contributed by atoms with E-state index >= 15 is 0 Å². The summed E-state index contributed by atoms with van der Waals surface area (Å²) in [7, 11) is 0. The molecule has 0 aromatic heterocycles. The van der Waals surface area contributed by atoms with Crippen LogP contribution in [0.15, 0.2) is 40.9 Å². The molecule has 0 aliphatic rings. The molecule has 19 heavy (non-hydrogen) atoms. The summed E-state index contributed by atoms with van der Waals surface area (Å²) in [4.78, 5) is 12.0. The van der Waals surface area contributed by atoms with Crippen LogP contribution >= 0.6 is 50.7 Å². The normalized spacial score (nSPS) is 10.3. The van der Waals surface area contributed by atoms with E-state index in [0.717, 1.165) is 4.47 Å². The summed E-state index contributed by atoms with van der Waals surface area (Å²) < 4.78 is 0.765. The average Bonchev–Trinajstić information content (AvgIpc) is 2.37. The van der Waals surface area contributed by atoms with E-state index in [9.17, 15) is 4.79 Å². The molecule has 0 spiro atoms. The molecule has 0 aliphatic heterocycles. The number of nitrogens with one attached hydrogen (secondary N) is 1. The van der Waals surface area contributed by atoms with Crippen LogP contribution in [0.2, 0.25) is 15.1 Å². The fourth-order valence-corrected chi connectivity index (χ4v) is 2.14. The standard InChI is InChI=1S/C13H7BrCl3NO/c14-9-3-2-8(6-11(9)16)18-13(19)7-1-4-10(15)12(17)5-7/h1-6H,(H,18,19). The SMILES string of the molecule is O=C(Nc1ccc(Br)c(Cl)c1)c1ccc(Cl)c(Cl)c1. The Morgan fingerprint density at radius 1 is 0.947 bits per heavy atom. The van der Waals surface area contributed by atoms with Crippen molar-refractivity contribution >= 4 is 62.3 Å². The van der Waals surface area contributed by atoms with Gasteiger partial charge in [-0.15, -0.1) is 0 Å². The zero-order valence-electron chi connectivity index (χ0n) is 9.38. The summed E-state index contributed by atoms with van der Waals surface area (Å²) >= 11 is 20.9. The van der Waals surface area contributed by atoms with Gasteiger partial charge < -0.3 is 5.32 Å². The van der Waals surface area contributed by atoms with Crippen LogP contribution in [0.1, 0.15) is 10.4 Å². The Morgan fingerprint density at radius 2 is 1.68 bits per heavy atom. The van der Waals surface area contributed by atoms with Crippen molar-refractivity contribution < 1.29 is 4.79 Å². The molecule has 0 aliphatic carbocycles. The fourth-order valence-electron chi connectivity index (χ4n) is 1.41. The lowest BCUT2D eigenvalue weighted by Crippen LogP contribution is -2.11. The molecule has 2 nitrogen and oxygen atoms in total. The van der Waals surface area contributed by atoms with Gasteiger partial charge in [-0.05, 0) is 52.3 Å². The highest BCUT2D eigenvalue weighted by atomic mass is 79.9. The highest BCUT2D eigenvalue weighted by molar-refractivity contribution is 9.10. The molecular weight excluding hydrogens is 372 g/mol. The Hall–Kier alpha value is -0.740. The first-order valence-electron chi connectivity index (χ1n) is 5.19. The second-order valence-electron chi connectivity index (χ2n) is 3.71. The van der Waals surface area contributed by atoms with Gasteiger partial charge in [0.05, 0.1) is 15.1 Å². The number of amides is 1. The van der Waals surface area contributed by atoms with Crippen LogP contribution in [0.5, 0.6) is 0 Å². The first kappa shape index (κ1) is 14.7. The Kier molecular flexibility index (Phi) is 4.74. The van der Waals surface area contributed by atoms with Crippen molar-refractivity contribution in [3.8, 4) is 0 Å². The number of carbonyl (C=O) groups is 1. The maximum absolute atomic E-state index is 12.0. The molecule has 0 radical (unpaired) electrons. The number of anilines is 1. The molecule has 0 heterocycles. The van der Waals surface area contributed by atoms with Crippen molar-refractivity contribution in [1.82, 2.24) is 0 Å². The van der Waals surface area contributed by atoms with Crippen LogP contribution in [0, 0.1) is 0 Å². The zero-order valence-corrected chi connectivity index (χ0v) is 13.2. The van der Waals surface area contributed by atoms with Crippen LogP contribution in [0.25, 0.3) is 0 Å². The van der Waals surface area contributed by atoms with Crippen molar-refractivity contribution in [2.24, 2.45) is 0 Å². The van der Waals surface area contributed by atoms with Gasteiger partial charge in [-0.25, -0.2) is 0 Å². The van der Waals surface area contributed by atoms with Crippen LogP contribution in [0.4, 0.5) is 5.69 Å². The van der Waals surface area contributed by atoms with Crippen molar-refractivity contribution in [1.29, 1.82) is 0 Å². The topological polar surface area (TPSA) is 29.1 Å². The second kappa shape index (κ2) is 6.14. The third kappa shape index (κ3) is 3.63. The molecule has 0 saturated heterocycles. The Bertz CT molecular complexity index is 646. The number of rotatable bonds is 2. The predicted octanol–water partition coefficient (Wildman–Crippen LogP) is 5.66. The first-order valence-corrected chi connectivity index (χ1v) is 7.11. The van der Waals surface area contributed by atoms with Crippen molar-refractivity contribution in [3.05, 3.63) is 61.5 Å². The van der Waals surface area contributed by atoms with Gasteiger partial charge in [-0.1, -0.05) is 34.8 Å². The summed E-state index contributed by atoms with van der Waals surface area (Å²) in [5.74, 6) is -0.281. The van der Waals surface area contributed by atoms with Crippen molar-refractivity contribution in [3.63, 3.8) is 0 Å². The quantitative estimate of drug-likeness (QED) is 0.716. The number of carbonyl (C=O) groups excluding carboxylic acids is 1. The summed E-state index contributed by atoms with van der Waals surface area (Å²) in [6.07, 6.45) is 0. The minimum atomic E-state index is -0.281. The minimum Gasteiger partial charge on any atom is -0.322 e. The molecular formula is C13H7BrCl3NO. The second-order valence-corrected chi connectivity index (χ2v) is 5.79. The van der Waals surface area contributed by atoms with E-state index in [1.807, 2.05) is 0 Å². The lowest BCUT2D eigenvalue weighted by Gasteiger charge is -2.07. The molecule has 0 atom stereocenters. The van der Waals surface area contributed by atoms with Crippen LogP contribution in [0.3, 0.4) is 0 Å². The minimum absolute atomic E-state index is 0.281. The number of halogens is 4. The Labute approximate surface area is 133 Å². The molecule has 0 saturated carbocycles. The molecule has 1 amide bonds. The van der Waals surface area contributed by atoms with E-state index < -0.39 is 0 Å². The third-order valence-corrected chi connectivity index (χ3v) is 4.33. The average molecular weight is 379 g/mol. The molecule has 6 heteroatoms. The molecule has 2 aromatic rings. The Balaban J connectivity index is 2.20. The van der Waals surface area contributed by atoms with Gasteiger partial charge in [0.1, 0.15) is 0 Å². The van der Waals surface area contributed by atoms with Gasteiger partial charge in [-0.2, -0.15) is 0 Å². The highest BCUT2D eigenvalue weighted by Crippen LogP contribution is 2.26. The number of hydrogen-bond acceptors (Lipinski definition) is 1. The molecule has 2 aromatic carbocycles. The molecule has 98 valence electrons. The van der Waals surface area contributed by atoms with Gasteiger partial charge in [-0.3, -0.25) is 4.79 Å². The zero-order chi connectivity index (χ0) is 14.0. The van der Waals surface area contributed by atoms with Gasteiger partial charge in [0, 0.05) is 15.7 Å². The van der Waals surface area contributed by atoms with E-state index in [0.29, 0.717) is 26.3 Å². The van der Waals surface area contributed by atoms with E-state index in [1.54, 1.807) is 30.3 Å². The van der Waals surface area contributed by atoms with E-state index in [-0.39, 0.29) is 5.91 Å². The predicted molar refractivity (Wildman–Crippen MR) is 83.6 cm³/mol. The smallest absolute Gasteiger partial charge is 0.255 e.